The van der Waals surface area contributed by atoms with Crippen molar-refractivity contribution >= 4 is 28.8 Å². The Bertz CT molecular complexity index is 606. The molecule has 3 atom stereocenters. The molecule has 1 saturated heterocycles. The van der Waals surface area contributed by atoms with Gasteiger partial charge in [0.2, 0.25) is 5.91 Å². The summed E-state index contributed by atoms with van der Waals surface area (Å²) < 4.78 is 5.26. The minimum Gasteiger partial charge on any atom is -0.428 e. The van der Waals surface area contributed by atoms with E-state index in [9.17, 15) is 14.7 Å². The molecule has 0 saturated carbocycles. The van der Waals surface area contributed by atoms with E-state index in [0.717, 1.165) is 18.5 Å². The first kappa shape index (κ1) is 23.6. The highest BCUT2D eigenvalue weighted by Gasteiger charge is 2.30. The molecule has 1 aliphatic heterocycles. The predicted octanol–water partition coefficient (Wildman–Crippen LogP) is 0.161. The van der Waals surface area contributed by atoms with E-state index in [2.05, 4.69) is 16.0 Å². The largest absolute Gasteiger partial charge is 0.428 e. The molecule has 1 fully saturated rings. The Hall–Kier alpha value is -1.46. The molecular weight excluding hydrogens is 366 g/mol. The molecular formula is C17H30BN4O4P. The van der Waals surface area contributed by atoms with Gasteiger partial charge in [-0.1, -0.05) is 13.8 Å². The number of likely N-dealkylation sites (N-methyl/N-ethyl adjacent to an activating group) is 1. The summed E-state index contributed by atoms with van der Waals surface area (Å²) in [6, 6.07) is 2.29. The number of rotatable bonds is 9. The molecule has 0 aromatic carbocycles. The number of amides is 1. The van der Waals surface area contributed by atoms with Crippen LogP contribution in [0.25, 0.3) is 0 Å². The summed E-state index contributed by atoms with van der Waals surface area (Å²) in [5.41, 5.74) is 1.01. The lowest BCUT2D eigenvalue weighted by atomic mass is 9.99. The molecule has 1 amide bonds. The van der Waals surface area contributed by atoms with Gasteiger partial charge in [0.1, 0.15) is 14.7 Å². The Kier molecular flexibility index (Phi) is 9.96. The van der Waals surface area contributed by atoms with E-state index in [0.29, 0.717) is 13.1 Å². The minimum atomic E-state index is -0.797. The van der Waals surface area contributed by atoms with Crippen LogP contribution in [-0.2, 0) is 14.1 Å². The fourth-order valence-corrected chi connectivity index (χ4v) is 3.29. The van der Waals surface area contributed by atoms with E-state index in [4.69, 9.17) is 9.79 Å². The molecule has 0 aliphatic carbocycles. The molecule has 2 N–H and O–H groups in total. The van der Waals surface area contributed by atoms with E-state index < -0.39 is 12.1 Å². The zero-order valence-corrected chi connectivity index (χ0v) is 17.8. The molecule has 1 unspecified atom stereocenters. The van der Waals surface area contributed by atoms with Gasteiger partial charge in [-0.05, 0) is 31.4 Å². The third kappa shape index (κ3) is 7.23. The number of aliphatic hydroxyl groups is 1. The number of aliphatic hydroxyl groups excluding tert-OH is 1. The molecule has 27 heavy (non-hydrogen) atoms. The van der Waals surface area contributed by atoms with Crippen molar-refractivity contribution < 1.29 is 19.2 Å². The molecule has 0 aromatic rings. The molecule has 1 heterocycles. The van der Waals surface area contributed by atoms with Crippen LogP contribution in [0, 0.1) is 23.2 Å². The Morgan fingerprint density at radius 3 is 2.63 bits per heavy atom. The fraction of sp³-hybridized carbons (Fsp3) is 0.706. The summed E-state index contributed by atoms with van der Waals surface area (Å²) >= 11 is 0. The highest BCUT2D eigenvalue weighted by molar-refractivity contribution is 7.32. The van der Waals surface area contributed by atoms with E-state index in [1.165, 1.54) is 18.9 Å². The second-order valence-corrected chi connectivity index (χ2v) is 8.03. The molecule has 0 spiro atoms. The summed E-state index contributed by atoms with van der Waals surface area (Å²) in [6.45, 7) is 7.39. The highest BCUT2D eigenvalue weighted by Crippen LogP contribution is 2.25. The summed E-state index contributed by atoms with van der Waals surface area (Å²) in [5, 5.41) is 18.7. The number of likely N-dealkylation sites (tertiary alicyclic amines) is 1. The van der Waals surface area contributed by atoms with Crippen LogP contribution in [0.1, 0.15) is 33.6 Å². The second-order valence-electron chi connectivity index (χ2n) is 7.13. The molecule has 0 radical (unpaired) electrons. The third-order valence-corrected chi connectivity index (χ3v) is 4.96. The highest BCUT2D eigenvalue weighted by atomic mass is 31.1. The van der Waals surface area contributed by atoms with Crippen LogP contribution in [0.2, 0.25) is 0 Å². The lowest BCUT2D eigenvalue weighted by Gasteiger charge is -2.28. The van der Waals surface area contributed by atoms with Gasteiger partial charge in [-0.2, -0.15) is 5.26 Å². The van der Waals surface area contributed by atoms with Crippen LogP contribution < -0.4 is 5.00 Å². The monoisotopic (exact) mass is 396 g/mol. The van der Waals surface area contributed by atoms with Crippen LogP contribution in [0.15, 0.2) is 11.3 Å². The zero-order chi connectivity index (χ0) is 20.6. The number of nitriles is 1. The average molecular weight is 396 g/mol. The van der Waals surface area contributed by atoms with E-state index in [1.807, 2.05) is 13.8 Å². The van der Waals surface area contributed by atoms with Gasteiger partial charge < -0.3 is 19.5 Å². The Morgan fingerprint density at radius 2 is 2.15 bits per heavy atom. The second kappa shape index (κ2) is 11.4. The Labute approximate surface area is 164 Å². The van der Waals surface area contributed by atoms with E-state index in [1.54, 1.807) is 7.98 Å². The number of carbonyl (C=O) groups excluding carboxylic acids is 2. The predicted molar refractivity (Wildman–Crippen MR) is 107 cm³/mol. The maximum atomic E-state index is 12.7. The van der Waals surface area contributed by atoms with Crippen molar-refractivity contribution in [3.63, 3.8) is 0 Å². The van der Waals surface area contributed by atoms with E-state index in [-0.39, 0.29) is 38.8 Å². The lowest BCUT2D eigenvalue weighted by Crippen LogP contribution is -2.36. The maximum Gasteiger partial charge on any atom is 0.358 e. The number of carbonyl (C=O) groups is 2. The summed E-state index contributed by atoms with van der Waals surface area (Å²) in [7, 11) is 2.99. The van der Waals surface area contributed by atoms with Crippen molar-refractivity contribution in [3.8, 4) is 6.07 Å². The van der Waals surface area contributed by atoms with Gasteiger partial charge in [0, 0.05) is 20.1 Å². The van der Waals surface area contributed by atoms with E-state index >= 15 is 0 Å². The molecule has 8 nitrogen and oxygen atoms in total. The van der Waals surface area contributed by atoms with Gasteiger partial charge in [-0.25, -0.2) is 4.79 Å². The van der Waals surface area contributed by atoms with Gasteiger partial charge in [0.15, 0.2) is 7.98 Å². The van der Waals surface area contributed by atoms with Crippen LogP contribution in [0.5, 0.6) is 0 Å². The van der Waals surface area contributed by atoms with Crippen molar-refractivity contribution in [3.05, 3.63) is 11.3 Å². The quantitative estimate of drug-likeness (QED) is 0.325. The number of nitrogens with one attached hydrogen (secondary N) is 1. The van der Waals surface area contributed by atoms with Gasteiger partial charge in [-0.15, -0.1) is 0 Å². The smallest absolute Gasteiger partial charge is 0.358 e. The Morgan fingerprint density at radius 1 is 1.48 bits per heavy atom. The van der Waals surface area contributed by atoms with Crippen LogP contribution in [-0.4, -0.2) is 67.5 Å². The van der Waals surface area contributed by atoms with Crippen LogP contribution >= 0.6 is 8.96 Å². The molecule has 0 aromatic heterocycles. The van der Waals surface area contributed by atoms with Gasteiger partial charge in [0.25, 0.3) is 0 Å². The fourth-order valence-electron chi connectivity index (χ4n) is 3.00. The summed E-state index contributed by atoms with van der Waals surface area (Å²) in [5.74, 6) is -0.911. The number of hydrogen-bond donors (Lipinski definition) is 2. The van der Waals surface area contributed by atoms with Crippen LogP contribution in [0.4, 0.5) is 0 Å². The van der Waals surface area contributed by atoms with Crippen molar-refractivity contribution in [2.45, 2.75) is 39.7 Å². The van der Waals surface area contributed by atoms with Crippen molar-refractivity contribution in [1.29, 1.82) is 5.26 Å². The lowest BCUT2D eigenvalue weighted by molar-refractivity contribution is -0.137. The summed E-state index contributed by atoms with van der Waals surface area (Å²) in [4.78, 5) is 31.4. The first-order valence-corrected chi connectivity index (χ1v) is 10.0. The third-order valence-electron chi connectivity index (χ3n) is 4.47. The molecule has 10 heteroatoms. The summed E-state index contributed by atoms with van der Waals surface area (Å²) in [6.07, 6.45) is -0.0684. The molecule has 0 bridgehead atoms. The first-order chi connectivity index (χ1) is 12.7. The zero-order valence-electron chi connectivity index (χ0n) is 16.8. The molecule has 1 rings (SSSR count). The number of hydrogen-bond acceptors (Lipinski definition) is 7. The topological polar surface area (TPSA) is 106 Å². The Balaban J connectivity index is 3.20. The number of nitrogens with zero attached hydrogens (tertiary/aromatic N) is 3. The minimum absolute atomic E-state index is 0.00538. The van der Waals surface area contributed by atoms with Gasteiger partial charge >= 0.3 is 5.97 Å². The SMILES string of the molecule is BNPOC(=O)/C(=C(\CN1CC[C@H](C#N)C1)C(C)C)N(C)C(=O)C[C@@H](C)O. The van der Waals surface area contributed by atoms with Crippen molar-refractivity contribution in [2.75, 3.05) is 26.7 Å². The van der Waals surface area contributed by atoms with Crippen LogP contribution in [0.3, 0.4) is 0 Å². The van der Waals surface area contributed by atoms with Gasteiger partial charge in [-0.3, -0.25) is 9.69 Å². The molecule has 1 aliphatic rings. The first-order valence-electron chi connectivity index (χ1n) is 9.13. The normalized spacial score (nSPS) is 19.8. The standard InChI is InChI=1S/C17H30BN4O4P/c1-11(2)14(10-22-6-5-13(8-19)9-22)16(17(25)26-27-20-18)21(4)15(24)7-12(3)23/h11-13,20,23,27H,5-7,9-10,18H2,1-4H3/b16-14-/t12-,13-/m1/s1. The van der Waals surface area contributed by atoms with Crippen molar-refractivity contribution in [1.82, 2.24) is 14.8 Å². The molecule has 150 valence electrons. The average Bonchev–Trinajstić information content (AvgIpc) is 3.06. The van der Waals surface area contributed by atoms with Crippen molar-refractivity contribution in [2.24, 2.45) is 11.8 Å². The van der Waals surface area contributed by atoms with Gasteiger partial charge in [0.05, 0.1) is 24.5 Å². The maximum absolute atomic E-state index is 12.7.